The number of hydrogen-bond acceptors (Lipinski definition) is 0. The van der Waals surface area contributed by atoms with Crippen molar-refractivity contribution in [3.63, 3.8) is 0 Å². The van der Waals surface area contributed by atoms with E-state index in [0.717, 1.165) is 0 Å². The summed E-state index contributed by atoms with van der Waals surface area (Å²) in [6, 6.07) is 63.6. The van der Waals surface area contributed by atoms with Crippen LogP contribution >= 0.6 is 0 Å². The van der Waals surface area contributed by atoms with Crippen LogP contribution in [0.15, 0.2) is 170 Å². The molecule has 256 valence electrons. The number of fused-ring (bicyclic) bond motifs is 10. The van der Waals surface area contributed by atoms with Crippen LogP contribution in [-0.4, -0.2) is 0 Å². The van der Waals surface area contributed by atoms with E-state index in [1.54, 1.807) is 0 Å². The van der Waals surface area contributed by atoms with E-state index in [-0.39, 0.29) is 10.8 Å². The van der Waals surface area contributed by atoms with Gasteiger partial charge in [0, 0.05) is 10.8 Å². The van der Waals surface area contributed by atoms with Crippen molar-refractivity contribution in [2.45, 2.75) is 38.5 Å². The number of hydrogen-bond donors (Lipinski definition) is 0. The topological polar surface area (TPSA) is 0 Å². The van der Waals surface area contributed by atoms with Gasteiger partial charge >= 0.3 is 0 Å². The molecule has 2 aliphatic rings. The van der Waals surface area contributed by atoms with Crippen molar-refractivity contribution < 1.29 is 0 Å². The van der Waals surface area contributed by atoms with Gasteiger partial charge in [-0.3, -0.25) is 0 Å². The molecule has 0 heterocycles. The Labute approximate surface area is 317 Å². The standard InChI is InChI=1S/C54H40/c1-53(2)47-21-13-12-16-39(47)44-27-28-45-46-32-37(26-29-48(46)54(3,4)52(45)51(44)53)35-22-23-36-31-38(25-24-34(36)30-35)50-42-19-10-8-17-40(42)49(33-14-6-5-7-15-33)41-18-9-11-20-43(41)50/h5-32H,1-4H3. The largest absolute Gasteiger partial charge is 0.0622 e. The Bertz CT molecular complexity index is 2970. The van der Waals surface area contributed by atoms with Crippen LogP contribution in [0, 0.1) is 0 Å². The van der Waals surface area contributed by atoms with E-state index in [2.05, 4.69) is 198 Å². The fourth-order valence-electron chi connectivity index (χ4n) is 10.3. The minimum Gasteiger partial charge on any atom is -0.0622 e. The molecule has 54 heavy (non-hydrogen) atoms. The summed E-state index contributed by atoms with van der Waals surface area (Å²) in [7, 11) is 0. The van der Waals surface area contributed by atoms with Crippen LogP contribution in [0.3, 0.4) is 0 Å². The van der Waals surface area contributed by atoms with Gasteiger partial charge in [-0.1, -0.05) is 179 Å². The molecule has 9 aromatic rings. The summed E-state index contributed by atoms with van der Waals surface area (Å²) in [4.78, 5) is 0. The zero-order chi connectivity index (χ0) is 36.3. The molecule has 0 aromatic heterocycles. The molecule has 0 aliphatic heterocycles. The van der Waals surface area contributed by atoms with Gasteiger partial charge in [0.1, 0.15) is 0 Å². The molecular formula is C54H40. The summed E-state index contributed by atoms with van der Waals surface area (Å²) >= 11 is 0. The highest BCUT2D eigenvalue weighted by atomic mass is 14.5. The van der Waals surface area contributed by atoms with Gasteiger partial charge in [0.05, 0.1) is 0 Å². The Hall–Kier alpha value is -6.24. The van der Waals surface area contributed by atoms with Crippen LogP contribution in [0.2, 0.25) is 0 Å². The van der Waals surface area contributed by atoms with Gasteiger partial charge in [-0.15, -0.1) is 0 Å². The van der Waals surface area contributed by atoms with Crippen molar-refractivity contribution in [3.8, 4) is 55.6 Å². The van der Waals surface area contributed by atoms with Crippen molar-refractivity contribution in [3.05, 3.63) is 192 Å². The summed E-state index contributed by atoms with van der Waals surface area (Å²) in [6.45, 7) is 9.67. The van der Waals surface area contributed by atoms with E-state index in [1.807, 2.05) is 0 Å². The molecule has 0 bridgehead atoms. The summed E-state index contributed by atoms with van der Waals surface area (Å²) < 4.78 is 0. The molecule has 0 unspecified atom stereocenters. The molecule has 0 N–H and O–H groups in total. The number of benzene rings is 9. The lowest BCUT2D eigenvalue weighted by Gasteiger charge is -2.30. The maximum atomic E-state index is 2.45. The monoisotopic (exact) mass is 688 g/mol. The van der Waals surface area contributed by atoms with Gasteiger partial charge in [0.15, 0.2) is 0 Å². The Morgan fingerprint density at radius 1 is 0.296 bits per heavy atom. The molecule has 2 aliphatic carbocycles. The second-order valence-corrected chi connectivity index (χ2v) is 16.5. The third-order valence-electron chi connectivity index (χ3n) is 12.8. The zero-order valence-corrected chi connectivity index (χ0v) is 31.2. The Kier molecular flexibility index (Phi) is 6.46. The van der Waals surface area contributed by atoms with Crippen molar-refractivity contribution in [2.24, 2.45) is 0 Å². The molecule has 0 nitrogen and oxygen atoms in total. The molecular weight excluding hydrogens is 649 g/mol. The Morgan fingerprint density at radius 2 is 0.741 bits per heavy atom. The molecule has 0 fully saturated rings. The predicted molar refractivity (Wildman–Crippen MR) is 230 cm³/mol. The quantitative estimate of drug-likeness (QED) is 0.162. The van der Waals surface area contributed by atoms with Crippen LogP contribution in [0.25, 0.3) is 88.0 Å². The zero-order valence-electron chi connectivity index (χ0n) is 31.2. The SMILES string of the molecule is CC1(C)c2ccccc2-c2ccc3c(c21)C(C)(C)c1ccc(-c2ccc4cc(-c5c6ccccc6c(-c6ccccc6)c6ccccc56)ccc4c2)cc1-3. The first-order valence-corrected chi connectivity index (χ1v) is 19.3. The highest BCUT2D eigenvalue weighted by molar-refractivity contribution is 6.21. The minimum atomic E-state index is -0.0821. The fourth-order valence-corrected chi connectivity index (χ4v) is 10.3. The summed E-state index contributed by atoms with van der Waals surface area (Å²) in [5.41, 5.74) is 18.9. The maximum Gasteiger partial charge on any atom is 0.0162 e. The lowest BCUT2D eigenvalue weighted by molar-refractivity contribution is 0.601. The highest BCUT2D eigenvalue weighted by Gasteiger charge is 2.45. The van der Waals surface area contributed by atoms with Gasteiger partial charge in [0.2, 0.25) is 0 Å². The molecule has 0 spiro atoms. The molecule has 11 rings (SSSR count). The van der Waals surface area contributed by atoms with E-state index in [9.17, 15) is 0 Å². The molecule has 0 amide bonds. The summed E-state index contributed by atoms with van der Waals surface area (Å²) in [5.74, 6) is 0. The maximum absolute atomic E-state index is 2.45. The minimum absolute atomic E-state index is 0.0425. The van der Waals surface area contributed by atoms with Crippen LogP contribution in [0.1, 0.15) is 49.9 Å². The van der Waals surface area contributed by atoms with Gasteiger partial charge < -0.3 is 0 Å². The lowest BCUT2D eigenvalue weighted by Crippen LogP contribution is -2.24. The first-order chi connectivity index (χ1) is 26.3. The summed E-state index contributed by atoms with van der Waals surface area (Å²) in [5, 5.41) is 7.64. The predicted octanol–water partition coefficient (Wildman–Crippen LogP) is 14.8. The fraction of sp³-hybridized carbons (Fsp3) is 0.111. The van der Waals surface area contributed by atoms with Crippen molar-refractivity contribution >= 4 is 32.3 Å². The highest BCUT2D eigenvalue weighted by Crippen LogP contribution is 2.59. The van der Waals surface area contributed by atoms with E-state index < -0.39 is 0 Å². The first-order valence-electron chi connectivity index (χ1n) is 19.3. The van der Waals surface area contributed by atoms with Crippen molar-refractivity contribution in [1.82, 2.24) is 0 Å². The Balaban J connectivity index is 1.02. The first kappa shape index (κ1) is 31.3. The second kappa shape index (κ2) is 11.1. The lowest BCUT2D eigenvalue weighted by atomic mass is 9.72. The normalized spacial score (nSPS) is 14.6. The van der Waals surface area contributed by atoms with Crippen molar-refractivity contribution in [2.75, 3.05) is 0 Å². The molecule has 9 aromatic carbocycles. The third kappa shape index (κ3) is 4.26. The van der Waals surface area contributed by atoms with Crippen molar-refractivity contribution in [1.29, 1.82) is 0 Å². The smallest absolute Gasteiger partial charge is 0.0162 e. The van der Waals surface area contributed by atoms with Gasteiger partial charge in [-0.25, -0.2) is 0 Å². The molecule has 0 saturated heterocycles. The van der Waals surface area contributed by atoms with E-state index >= 15 is 0 Å². The second-order valence-electron chi connectivity index (χ2n) is 16.5. The van der Waals surface area contributed by atoms with Gasteiger partial charge in [-0.2, -0.15) is 0 Å². The average Bonchev–Trinajstić information content (AvgIpc) is 3.58. The van der Waals surface area contributed by atoms with Gasteiger partial charge in [0.25, 0.3) is 0 Å². The van der Waals surface area contributed by atoms with Crippen LogP contribution in [-0.2, 0) is 10.8 Å². The molecule has 0 saturated carbocycles. The Morgan fingerprint density at radius 3 is 1.37 bits per heavy atom. The third-order valence-corrected chi connectivity index (χ3v) is 12.8. The number of rotatable bonds is 3. The average molecular weight is 689 g/mol. The van der Waals surface area contributed by atoms with E-state index in [1.165, 1.54) is 110 Å². The van der Waals surface area contributed by atoms with Crippen LogP contribution in [0.4, 0.5) is 0 Å². The molecule has 0 atom stereocenters. The summed E-state index contributed by atoms with van der Waals surface area (Å²) in [6.07, 6.45) is 0. The van der Waals surface area contributed by atoms with E-state index in [0.29, 0.717) is 0 Å². The van der Waals surface area contributed by atoms with Crippen LogP contribution < -0.4 is 0 Å². The van der Waals surface area contributed by atoms with E-state index in [4.69, 9.17) is 0 Å². The molecule has 0 heteroatoms. The van der Waals surface area contributed by atoms with Gasteiger partial charge in [-0.05, 0) is 128 Å². The molecule has 0 radical (unpaired) electrons. The van der Waals surface area contributed by atoms with Crippen LogP contribution in [0.5, 0.6) is 0 Å².